The molecular weight excluding hydrogens is 382 g/mol. The first kappa shape index (κ1) is 19.7. The summed E-state index contributed by atoms with van der Waals surface area (Å²) in [5.41, 5.74) is -3.58. The molecule has 0 bridgehead atoms. The van der Waals surface area contributed by atoms with Crippen molar-refractivity contribution in [2.45, 2.75) is 35.8 Å². The minimum absolute atomic E-state index is 0.194. The second-order valence-corrected chi connectivity index (χ2v) is 5.08. The number of hydrogen-bond acceptors (Lipinski definition) is 3. The summed E-state index contributed by atoms with van der Waals surface area (Å²) >= 11 is 0. The maximum absolute atomic E-state index is 13.6. The summed E-state index contributed by atoms with van der Waals surface area (Å²) in [7, 11) is 0. The van der Waals surface area contributed by atoms with Gasteiger partial charge in [-0.2, -0.15) is 43.9 Å². The van der Waals surface area contributed by atoms with Crippen LogP contribution in [0.25, 0.3) is 0 Å². The van der Waals surface area contributed by atoms with Gasteiger partial charge in [0.25, 0.3) is 11.6 Å². The van der Waals surface area contributed by atoms with Crippen LogP contribution < -0.4 is 0 Å². The number of halogens is 10. The van der Waals surface area contributed by atoms with Gasteiger partial charge in [-0.3, -0.25) is 4.74 Å². The highest BCUT2D eigenvalue weighted by molar-refractivity contribution is 5.42. The topological polar surface area (TPSA) is 49.7 Å². The number of alkyl halides is 10. The molecule has 0 aliphatic carbocycles. The molecule has 0 spiro atoms. The SMILES string of the molecule is OC1(C(F)(F)C(F)(F)F)OC(O)(C(F)(F)C(F)(F)F)c2ccccc21. The number of fused-ring (bicyclic) bond motifs is 1. The lowest BCUT2D eigenvalue weighted by molar-refractivity contribution is -0.488. The number of benzene rings is 1. The molecule has 0 amide bonds. The Morgan fingerprint density at radius 1 is 0.640 bits per heavy atom. The molecule has 0 aromatic heterocycles. The Morgan fingerprint density at radius 2 is 0.920 bits per heavy atom. The molecule has 3 nitrogen and oxygen atoms in total. The average molecular weight is 388 g/mol. The molecule has 1 aromatic rings. The van der Waals surface area contributed by atoms with Gasteiger partial charge in [0.05, 0.1) is 0 Å². The number of hydrogen-bond donors (Lipinski definition) is 2. The van der Waals surface area contributed by atoms with E-state index in [2.05, 4.69) is 4.74 Å². The maximum Gasteiger partial charge on any atom is 0.459 e. The highest BCUT2D eigenvalue weighted by Crippen LogP contribution is 2.62. The zero-order valence-electron chi connectivity index (χ0n) is 11.4. The van der Waals surface area contributed by atoms with Crippen LogP contribution in [0.1, 0.15) is 11.1 Å². The second kappa shape index (κ2) is 4.98. The summed E-state index contributed by atoms with van der Waals surface area (Å²) in [6, 6.07) is 1.72. The van der Waals surface area contributed by atoms with Crippen molar-refractivity contribution in [3.63, 3.8) is 0 Å². The molecule has 2 rings (SSSR count). The molecule has 1 heterocycles. The molecule has 142 valence electrons. The molecule has 0 fully saturated rings. The highest BCUT2D eigenvalue weighted by atomic mass is 19.4. The molecule has 25 heavy (non-hydrogen) atoms. The Hall–Kier alpha value is -1.60. The van der Waals surface area contributed by atoms with Crippen molar-refractivity contribution >= 4 is 0 Å². The third-order valence-electron chi connectivity index (χ3n) is 3.52. The summed E-state index contributed by atoms with van der Waals surface area (Å²) in [5, 5.41) is 19.2. The summed E-state index contributed by atoms with van der Waals surface area (Å²) < 4.78 is 133. The first-order valence-corrected chi connectivity index (χ1v) is 6.07. The fourth-order valence-corrected chi connectivity index (χ4v) is 2.25. The predicted octanol–water partition coefficient (Wildman–Crippen LogP) is 3.40. The Morgan fingerprint density at radius 3 is 1.16 bits per heavy atom. The molecule has 0 radical (unpaired) electrons. The van der Waals surface area contributed by atoms with Gasteiger partial charge in [0.15, 0.2) is 0 Å². The van der Waals surface area contributed by atoms with E-state index >= 15 is 0 Å². The monoisotopic (exact) mass is 388 g/mol. The quantitative estimate of drug-likeness (QED) is 0.764. The van der Waals surface area contributed by atoms with E-state index in [0.29, 0.717) is 12.1 Å². The normalized spacial score (nSPS) is 28.2. The third kappa shape index (κ3) is 2.32. The van der Waals surface area contributed by atoms with Gasteiger partial charge in [-0.15, -0.1) is 0 Å². The van der Waals surface area contributed by atoms with E-state index in [0.717, 1.165) is 0 Å². The van der Waals surface area contributed by atoms with E-state index in [9.17, 15) is 54.1 Å². The molecule has 1 aliphatic heterocycles. The third-order valence-corrected chi connectivity index (χ3v) is 3.52. The zero-order chi connectivity index (χ0) is 19.7. The van der Waals surface area contributed by atoms with Gasteiger partial charge in [-0.25, -0.2) is 0 Å². The minimum Gasteiger partial charge on any atom is -0.357 e. The van der Waals surface area contributed by atoms with E-state index < -0.39 is 46.9 Å². The van der Waals surface area contributed by atoms with Crippen LogP contribution in [0.5, 0.6) is 0 Å². The summed E-state index contributed by atoms with van der Waals surface area (Å²) in [6.07, 6.45) is -13.2. The number of ether oxygens (including phenoxy) is 1. The number of aliphatic hydroxyl groups is 2. The first-order valence-electron chi connectivity index (χ1n) is 6.07. The van der Waals surface area contributed by atoms with E-state index in [-0.39, 0.29) is 12.1 Å². The Bertz CT molecular complexity index is 625. The molecule has 2 unspecified atom stereocenters. The van der Waals surface area contributed by atoms with Crippen LogP contribution in [-0.2, 0) is 16.3 Å². The van der Waals surface area contributed by atoms with Crippen LogP contribution in [0, 0.1) is 0 Å². The minimum atomic E-state index is -6.60. The Labute approximate surface area is 131 Å². The van der Waals surface area contributed by atoms with Crippen LogP contribution in [0.15, 0.2) is 24.3 Å². The predicted molar refractivity (Wildman–Crippen MR) is 57.3 cm³/mol. The Kier molecular flexibility index (Phi) is 3.93. The van der Waals surface area contributed by atoms with Gasteiger partial charge >= 0.3 is 24.2 Å². The summed E-state index contributed by atoms with van der Waals surface area (Å²) in [5.74, 6) is -22.7. The van der Waals surface area contributed by atoms with Gasteiger partial charge in [0.1, 0.15) is 0 Å². The van der Waals surface area contributed by atoms with Crippen LogP contribution >= 0.6 is 0 Å². The van der Waals surface area contributed by atoms with E-state index in [1.165, 1.54) is 0 Å². The first-order chi connectivity index (χ1) is 10.9. The van der Waals surface area contributed by atoms with Gasteiger partial charge in [0, 0.05) is 11.1 Å². The standard InChI is InChI=1S/C12H6F10O3/c13-9(14,11(17,18)19)7(23)5-3-1-2-4-6(5)8(24,25-7)10(15,16)12(20,21)22/h1-4,23-24H. The largest absolute Gasteiger partial charge is 0.459 e. The lowest BCUT2D eigenvalue weighted by atomic mass is 9.92. The van der Waals surface area contributed by atoms with Crippen molar-refractivity contribution in [1.29, 1.82) is 0 Å². The second-order valence-electron chi connectivity index (χ2n) is 5.08. The molecule has 0 saturated carbocycles. The maximum atomic E-state index is 13.6. The fourth-order valence-electron chi connectivity index (χ4n) is 2.25. The van der Waals surface area contributed by atoms with Gasteiger partial charge in [-0.05, 0) is 0 Å². The van der Waals surface area contributed by atoms with Crippen LogP contribution in [0.2, 0.25) is 0 Å². The van der Waals surface area contributed by atoms with Crippen molar-refractivity contribution in [3.05, 3.63) is 35.4 Å². The Balaban J connectivity index is 2.78. The zero-order valence-corrected chi connectivity index (χ0v) is 11.4. The highest BCUT2D eigenvalue weighted by Gasteiger charge is 2.83. The van der Waals surface area contributed by atoms with Crippen LogP contribution in [0.4, 0.5) is 43.9 Å². The van der Waals surface area contributed by atoms with Gasteiger partial charge < -0.3 is 10.2 Å². The van der Waals surface area contributed by atoms with E-state index in [1.54, 1.807) is 0 Å². The van der Waals surface area contributed by atoms with Gasteiger partial charge in [0.2, 0.25) is 0 Å². The smallest absolute Gasteiger partial charge is 0.357 e. The number of rotatable bonds is 2. The van der Waals surface area contributed by atoms with Crippen LogP contribution in [-0.4, -0.2) is 34.4 Å². The average Bonchev–Trinajstić information content (AvgIpc) is 2.68. The van der Waals surface area contributed by atoms with Crippen molar-refractivity contribution in [1.82, 2.24) is 0 Å². The van der Waals surface area contributed by atoms with Gasteiger partial charge in [-0.1, -0.05) is 24.3 Å². The van der Waals surface area contributed by atoms with E-state index in [1.807, 2.05) is 0 Å². The molecular formula is C12H6F10O3. The lowest BCUT2D eigenvalue weighted by Crippen LogP contribution is -2.60. The molecule has 0 saturated heterocycles. The van der Waals surface area contributed by atoms with Crippen molar-refractivity contribution < 1.29 is 58.9 Å². The van der Waals surface area contributed by atoms with Crippen molar-refractivity contribution in [2.24, 2.45) is 0 Å². The summed E-state index contributed by atoms with van der Waals surface area (Å²) in [6.45, 7) is 0. The van der Waals surface area contributed by atoms with Crippen molar-refractivity contribution in [2.75, 3.05) is 0 Å². The fraction of sp³-hybridized carbons (Fsp3) is 0.500. The van der Waals surface area contributed by atoms with Crippen molar-refractivity contribution in [3.8, 4) is 0 Å². The molecule has 13 heteroatoms. The van der Waals surface area contributed by atoms with Crippen LogP contribution in [0.3, 0.4) is 0 Å². The molecule has 1 aromatic carbocycles. The molecule has 1 aliphatic rings. The molecule has 2 N–H and O–H groups in total. The summed E-state index contributed by atoms with van der Waals surface area (Å²) in [4.78, 5) is 0. The molecule has 2 atom stereocenters. The lowest BCUT2D eigenvalue weighted by Gasteiger charge is -2.37. The van der Waals surface area contributed by atoms with E-state index in [4.69, 9.17) is 0 Å².